The lowest BCUT2D eigenvalue weighted by molar-refractivity contribution is -0.120. The average Bonchev–Trinajstić information content (AvgIpc) is 2.77. The fourth-order valence-electron chi connectivity index (χ4n) is 2.28. The molecule has 1 unspecified atom stereocenters. The van der Waals surface area contributed by atoms with Gasteiger partial charge in [0.1, 0.15) is 5.78 Å². The summed E-state index contributed by atoms with van der Waals surface area (Å²) in [4.78, 5) is 22.4. The van der Waals surface area contributed by atoms with Crippen molar-refractivity contribution < 1.29 is 9.59 Å². The third-order valence-corrected chi connectivity index (χ3v) is 3.34. The summed E-state index contributed by atoms with van der Waals surface area (Å²) in [5, 5.41) is 2.61. The van der Waals surface area contributed by atoms with Crippen molar-refractivity contribution in [3.05, 3.63) is 35.4 Å². The highest BCUT2D eigenvalue weighted by molar-refractivity contribution is 5.81. The second-order valence-corrected chi connectivity index (χ2v) is 4.57. The van der Waals surface area contributed by atoms with Crippen molar-refractivity contribution in [2.24, 2.45) is 0 Å². The number of hydrogen-bond donors (Lipinski definition) is 1. The summed E-state index contributed by atoms with van der Waals surface area (Å²) in [5.41, 5.74) is 2.23. The molecule has 1 aromatic carbocycles. The number of hydrogen-bond acceptors (Lipinski definition) is 2. The molecule has 0 radical (unpaired) electrons. The van der Waals surface area contributed by atoms with Crippen molar-refractivity contribution in [3.8, 4) is 0 Å². The molecule has 0 heterocycles. The molecule has 0 spiro atoms. The van der Waals surface area contributed by atoms with Gasteiger partial charge in [0.15, 0.2) is 0 Å². The molecule has 3 heteroatoms. The quantitative estimate of drug-likeness (QED) is 0.862. The minimum Gasteiger partial charge on any atom is -0.359 e. The standard InChI is InChI=1S/C14H17NO2/c1-15-14(17)8-10-2-4-11(5-3-10)12-6-7-13(16)9-12/h2-5,12H,6-9H2,1H3,(H,15,17). The summed E-state index contributed by atoms with van der Waals surface area (Å²) in [6.07, 6.45) is 2.77. The summed E-state index contributed by atoms with van der Waals surface area (Å²) in [5.74, 6) is 0.773. The topological polar surface area (TPSA) is 46.2 Å². The lowest BCUT2D eigenvalue weighted by Gasteiger charge is -2.09. The zero-order chi connectivity index (χ0) is 12.3. The van der Waals surface area contributed by atoms with Crippen molar-refractivity contribution in [2.75, 3.05) is 7.05 Å². The lowest BCUT2D eigenvalue weighted by atomic mass is 9.96. The molecule has 1 N–H and O–H groups in total. The van der Waals surface area contributed by atoms with Crippen molar-refractivity contribution in [3.63, 3.8) is 0 Å². The van der Waals surface area contributed by atoms with Crippen LogP contribution in [0.3, 0.4) is 0 Å². The van der Waals surface area contributed by atoms with E-state index in [1.165, 1.54) is 5.56 Å². The second-order valence-electron chi connectivity index (χ2n) is 4.57. The van der Waals surface area contributed by atoms with Gasteiger partial charge in [-0.05, 0) is 23.5 Å². The van der Waals surface area contributed by atoms with Crippen LogP contribution < -0.4 is 5.32 Å². The summed E-state index contributed by atoms with van der Waals surface area (Å²) in [6, 6.07) is 8.05. The molecule has 1 aromatic rings. The van der Waals surface area contributed by atoms with Gasteiger partial charge in [-0.25, -0.2) is 0 Å². The van der Waals surface area contributed by atoms with Gasteiger partial charge in [0, 0.05) is 19.9 Å². The Bertz CT molecular complexity index is 422. The molecular weight excluding hydrogens is 214 g/mol. The van der Waals surface area contributed by atoms with Gasteiger partial charge < -0.3 is 5.32 Å². The number of ketones is 1. The van der Waals surface area contributed by atoms with E-state index >= 15 is 0 Å². The van der Waals surface area contributed by atoms with E-state index < -0.39 is 0 Å². The Morgan fingerprint density at radius 2 is 2.06 bits per heavy atom. The molecule has 17 heavy (non-hydrogen) atoms. The first-order chi connectivity index (χ1) is 8.19. The Hall–Kier alpha value is -1.64. The average molecular weight is 231 g/mol. The van der Waals surface area contributed by atoms with Crippen LogP contribution in [-0.4, -0.2) is 18.7 Å². The van der Waals surface area contributed by atoms with Gasteiger partial charge in [-0.15, -0.1) is 0 Å². The van der Waals surface area contributed by atoms with E-state index in [2.05, 4.69) is 5.32 Å². The Balaban J connectivity index is 2.02. The van der Waals surface area contributed by atoms with Gasteiger partial charge in [-0.2, -0.15) is 0 Å². The summed E-state index contributed by atoms with van der Waals surface area (Å²) < 4.78 is 0. The molecule has 0 aromatic heterocycles. The Morgan fingerprint density at radius 1 is 1.35 bits per heavy atom. The number of amides is 1. The maximum atomic E-state index is 11.2. The zero-order valence-electron chi connectivity index (χ0n) is 10.0. The van der Waals surface area contributed by atoms with Crippen LogP contribution in [0, 0.1) is 0 Å². The highest BCUT2D eigenvalue weighted by atomic mass is 16.1. The second kappa shape index (κ2) is 5.13. The molecule has 90 valence electrons. The molecule has 1 fully saturated rings. The molecule has 2 rings (SSSR count). The summed E-state index contributed by atoms with van der Waals surface area (Å²) in [6.45, 7) is 0. The molecule has 1 atom stereocenters. The van der Waals surface area contributed by atoms with Crippen LogP contribution in [0.4, 0.5) is 0 Å². The molecule has 1 aliphatic carbocycles. The van der Waals surface area contributed by atoms with Crippen molar-refractivity contribution in [2.45, 2.75) is 31.6 Å². The zero-order valence-corrected chi connectivity index (χ0v) is 10.0. The van der Waals surface area contributed by atoms with E-state index in [9.17, 15) is 9.59 Å². The van der Waals surface area contributed by atoms with Gasteiger partial charge >= 0.3 is 0 Å². The highest BCUT2D eigenvalue weighted by Gasteiger charge is 2.23. The lowest BCUT2D eigenvalue weighted by Crippen LogP contribution is -2.19. The van der Waals surface area contributed by atoms with Gasteiger partial charge in [0.25, 0.3) is 0 Å². The van der Waals surface area contributed by atoms with Crippen LogP contribution in [0.1, 0.15) is 36.3 Å². The van der Waals surface area contributed by atoms with Gasteiger partial charge in [0.2, 0.25) is 5.91 Å². The van der Waals surface area contributed by atoms with Crippen LogP contribution in [0.2, 0.25) is 0 Å². The van der Waals surface area contributed by atoms with Crippen molar-refractivity contribution in [1.29, 1.82) is 0 Å². The Morgan fingerprint density at radius 3 is 2.59 bits per heavy atom. The molecule has 0 bridgehead atoms. The predicted octanol–water partition coefficient (Wildman–Crippen LogP) is 1.81. The number of benzene rings is 1. The van der Waals surface area contributed by atoms with Gasteiger partial charge in [0.05, 0.1) is 6.42 Å². The van der Waals surface area contributed by atoms with Crippen LogP contribution in [-0.2, 0) is 16.0 Å². The predicted molar refractivity (Wildman–Crippen MR) is 65.8 cm³/mol. The number of Topliss-reactive ketones (excluding diaryl/α,β-unsaturated/α-hetero) is 1. The van der Waals surface area contributed by atoms with E-state index in [-0.39, 0.29) is 5.91 Å². The van der Waals surface area contributed by atoms with Gasteiger partial charge in [-0.1, -0.05) is 24.3 Å². The molecule has 1 saturated carbocycles. The first-order valence-electron chi connectivity index (χ1n) is 6.00. The summed E-state index contributed by atoms with van der Waals surface area (Å²) in [7, 11) is 1.64. The van der Waals surface area contributed by atoms with E-state index in [4.69, 9.17) is 0 Å². The summed E-state index contributed by atoms with van der Waals surface area (Å²) >= 11 is 0. The van der Waals surface area contributed by atoms with E-state index in [1.54, 1.807) is 7.05 Å². The smallest absolute Gasteiger partial charge is 0.224 e. The largest absolute Gasteiger partial charge is 0.359 e. The minimum atomic E-state index is 0.0220. The highest BCUT2D eigenvalue weighted by Crippen LogP contribution is 2.31. The van der Waals surface area contributed by atoms with Gasteiger partial charge in [-0.3, -0.25) is 9.59 Å². The molecule has 0 saturated heterocycles. The Kier molecular flexibility index (Phi) is 3.57. The molecule has 0 aliphatic heterocycles. The number of nitrogens with one attached hydrogen (secondary N) is 1. The van der Waals surface area contributed by atoms with Crippen LogP contribution in [0.25, 0.3) is 0 Å². The van der Waals surface area contributed by atoms with Crippen molar-refractivity contribution in [1.82, 2.24) is 5.32 Å². The minimum absolute atomic E-state index is 0.0220. The maximum Gasteiger partial charge on any atom is 0.224 e. The van der Waals surface area contributed by atoms with E-state index in [0.717, 1.165) is 12.0 Å². The molecule has 1 amide bonds. The first kappa shape index (κ1) is 11.8. The fraction of sp³-hybridized carbons (Fsp3) is 0.429. The SMILES string of the molecule is CNC(=O)Cc1ccc(C2CCC(=O)C2)cc1. The van der Waals surface area contributed by atoms with Crippen molar-refractivity contribution >= 4 is 11.7 Å². The first-order valence-corrected chi connectivity index (χ1v) is 6.00. The molecule has 3 nitrogen and oxygen atoms in total. The number of likely N-dealkylation sites (N-methyl/N-ethyl adjacent to an activating group) is 1. The molecule has 1 aliphatic rings. The fourth-order valence-corrected chi connectivity index (χ4v) is 2.28. The molecular formula is C14H17NO2. The van der Waals surface area contributed by atoms with Crippen LogP contribution in [0.5, 0.6) is 0 Å². The third-order valence-electron chi connectivity index (χ3n) is 3.34. The van der Waals surface area contributed by atoms with E-state index in [1.807, 2.05) is 24.3 Å². The monoisotopic (exact) mass is 231 g/mol. The number of carbonyl (C=O) groups is 2. The number of rotatable bonds is 3. The Labute approximate surface area is 101 Å². The third kappa shape index (κ3) is 2.93. The number of carbonyl (C=O) groups excluding carboxylic acids is 2. The van der Waals surface area contributed by atoms with Crippen LogP contribution in [0.15, 0.2) is 24.3 Å². The van der Waals surface area contributed by atoms with E-state index in [0.29, 0.717) is 31.0 Å². The normalized spacial score (nSPS) is 19.4. The van der Waals surface area contributed by atoms with Crippen LogP contribution >= 0.6 is 0 Å². The maximum absolute atomic E-state index is 11.2.